The van der Waals surface area contributed by atoms with Gasteiger partial charge in [0.15, 0.2) is 0 Å². The van der Waals surface area contributed by atoms with Crippen molar-refractivity contribution in [2.45, 2.75) is 46.6 Å². The Balaban J connectivity index is 1.55. The Bertz CT molecular complexity index is 450. The van der Waals surface area contributed by atoms with E-state index in [2.05, 4.69) is 52.4 Å². The number of piperazine rings is 1. The molecule has 2 aliphatic heterocycles. The molecule has 5 nitrogen and oxygen atoms in total. The van der Waals surface area contributed by atoms with E-state index in [9.17, 15) is 0 Å². The zero-order chi connectivity index (χ0) is 17.1. The fraction of sp³-hybridized carbons (Fsp3) is 0.789. The van der Waals surface area contributed by atoms with Gasteiger partial charge in [0, 0.05) is 45.3 Å². The van der Waals surface area contributed by atoms with E-state index < -0.39 is 0 Å². The normalized spacial score (nSPS) is 21.1. The Kier molecular flexibility index (Phi) is 5.59. The number of rotatable bonds is 4. The summed E-state index contributed by atoms with van der Waals surface area (Å²) >= 11 is 0. The third kappa shape index (κ3) is 4.00. The Morgan fingerprint density at radius 2 is 1.42 bits per heavy atom. The van der Waals surface area contributed by atoms with Gasteiger partial charge < -0.3 is 9.80 Å². The average Bonchev–Trinajstić information content (AvgIpc) is 2.62. The quantitative estimate of drug-likeness (QED) is 0.848. The van der Waals surface area contributed by atoms with Crippen molar-refractivity contribution >= 4 is 11.6 Å². The zero-order valence-corrected chi connectivity index (χ0v) is 15.8. The smallest absolute Gasteiger partial charge is 0.225 e. The monoisotopic (exact) mass is 331 g/mol. The van der Waals surface area contributed by atoms with Crippen LogP contribution in [-0.2, 0) is 0 Å². The minimum atomic E-state index is 0.638. The third-order valence-corrected chi connectivity index (χ3v) is 5.80. The SMILES string of the molecule is CC(C)C1CCN(c2ncc(N3CCN(C(C)C)CC3)cn2)CC1. The van der Waals surface area contributed by atoms with Gasteiger partial charge in [-0.1, -0.05) is 13.8 Å². The summed E-state index contributed by atoms with van der Waals surface area (Å²) in [5.74, 6) is 2.56. The van der Waals surface area contributed by atoms with Crippen LogP contribution in [0.25, 0.3) is 0 Å². The van der Waals surface area contributed by atoms with Gasteiger partial charge in [-0.25, -0.2) is 9.97 Å². The summed E-state index contributed by atoms with van der Waals surface area (Å²) in [5.41, 5.74) is 1.17. The molecule has 0 bridgehead atoms. The van der Waals surface area contributed by atoms with Crippen LogP contribution in [0, 0.1) is 11.8 Å². The molecule has 0 amide bonds. The van der Waals surface area contributed by atoms with Gasteiger partial charge in [0.05, 0.1) is 18.1 Å². The second-order valence-electron chi connectivity index (χ2n) is 7.93. The molecule has 0 atom stereocenters. The number of anilines is 2. The lowest BCUT2D eigenvalue weighted by Crippen LogP contribution is -2.49. The third-order valence-electron chi connectivity index (χ3n) is 5.80. The van der Waals surface area contributed by atoms with Crippen molar-refractivity contribution in [1.29, 1.82) is 0 Å². The van der Waals surface area contributed by atoms with Crippen molar-refractivity contribution in [3.05, 3.63) is 12.4 Å². The summed E-state index contributed by atoms with van der Waals surface area (Å²) in [6.07, 6.45) is 6.56. The first-order valence-electron chi connectivity index (χ1n) is 9.60. The van der Waals surface area contributed by atoms with Crippen LogP contribution in [0.2, 0.25) is 0 Å². The molecule has 0 radical (unpaired) electrons. The summed E-state index contributed by atoms with van der Waals surface area (Å²) in [4.78, 5) is 16.6. The highest BCUT2D eigenvalue weighted by Crippen LogP contribution is 2.26. The zero-order valence-electron chi connectivity index (χ0n) is 15.8. The number of piperidine rings is 1. The molecule has 0 N–H and O–H groups in total. The maximum atomic E-state index is 4.66. The van der Waals surface area contributed by atoms with Crippen molar-refractivity contribution in [2.75, 3.05) is 49.1 Å². The summed E-state index contributed by atoms with van der Waals surface area (Å²) in [5, 5.41) is 0. The largest absolute Gasteiger partial charge is 0.366 e. The summed E-state index contributed by atoms with van der Waals surface area (Å²) in [7, 11) is 0. The predicted octanol–water partition coefficient (Wildman–Crippen LogP) is 2.88. The first kappa shape index (κ1) is 17.5. The molecule has 1 aromatic rings. The highest BCUT2D eigenvalue weighted by molar-refractivity contribution is 5.45. The van der Waals surface area contributed by atoms with E-state index in [1.54, 1.807) is 0 Å². The fourth-order valence-electron chi connectivity index (χ4n) is 3.90. The minimum absolute atomic E-state index is 0.638. The van der Waals surface area contributed by atoms with E-state index in [4.69, 9.17) is 0 Å². The molecular weight excluding hydrogens is 298 g/mol. The standard InChI is InChI=1S/C19H33N5/c1-15(2)17-5-7-24(8-6-17)19-20-13-18(14-21-19)23-11-9-22(10-12-23)16(3)4/h13-17H,5-12H2,1-4H3. The molecule has 1 aromatic heterocycles. The Labute approximate surface area is 147 Å². The molecule has 3 heterocycles. The van der Waals surface area contributed by atoms with Crippen molar-refractivity contribution in [1.82, 2.24) is 14.9 Å². The molecule has 2 aliphatic rings. The predicted molar refractivity (Wildman–Crippen MR) is 101 cm³/mol. The molecule has 0 aromatic carbocycles. The topological polar surface area (TPSA) is 35.5 Å². The van der Waals surface area contributed by atoms with Crippen LogP contribution in [0.4, 0.5) is 11.6 Å². The molecule has 5 heteroatoms. The van der Waals surface area contributed by atoms with Crippen LogP contribution in [0.5, 0.6) is 0 Å². The van der Waals surface area contributed by atoms with E-state index in [0.717, 1.165) is 57.1 Å². The van der Waals surface area contributed by atoms with Gasteiger partial charge in [0.25, 0.3) is 0 Å². The second kappa shape index (κ2) is 7.68. The molecule has 2 fully saturated rings. The van der Waals surface area contributed by atoms with Crippen LogP contribution in [-0.4, -0.2) is 60.2 Å². The van der Waals surface area contributed by atoms with E-state index in [1.165, 1.54) is 18.5 Å². The molecule has 134 valence electrons. The molecule has 0 aliphatic carbocycles. The van der Waals surface area contributed by atoms with Crippen LogP contribution in [0.1, 0.15) is 40.5 Å². The summed E-state index contributed by atoms with van der Waals surface area (Å²) in [6.45, 7) is 15.8. The molecule has 0 saturated carbocycles. The number of hydrogen-bond donors (Lipinski definition) is 0. The Hall–Kier alpha value is -1.36. The number of hydrogen-bond acceptors (Lipinski definition) is 5. The minimum Gasteiger partial charge on any atom is -0.366 e. The molecule has 24 heavy (non-hydrogen) atoms. The Morgan fingerprint density at radius 3 is 1.92 bits per heavy atom. The van der Waals surface area contributed by atoms with E-state index >= 15 is 0 Å². The van der Waals surface area contributed by atoms with Crippen molar-refractivity contribution in [2.24, 2.45) is 11.8 Å². The lowest BCUT2D eigenvalue weighted by atomic mass is 9.87. The number of nitrogens with zero attached hydrogens (tertiary/aromatic N) is 5. The van der Waals surface area contributed by atoms with Crippen molar-refractivity contribution in [3.8, 4) is 0 Å². The lowest BCUT2D eigenvalue weighted by Gasteiger charge is -2.38. The highest BCUT2D eigenvalue weighted by atomic mass is 15.3. The van der Waals surface area contributed by atoms with E-state index in [1.807, 2.05) is 12.4 Å². The second-order valence-corrected chi connectivity index (χ2v) is 7.93. The van der Waals surface area contributed by atoms with Gasteiger partial charge in [0.1, 0.15) is 0 Å². The van der Waals surface area contributed by atoms with Crippen LogP contribution in [0.15, 0.2) is 12.4 Å². The highest BCUT2D eigenvalue weighted by Gasteiger charge is 2.23. The van der Waals surface area contributed by atoms with Crippen LogP contribution >= 0.6 is 0 Å². The van der Waals surface area contributed by atoms with Gasteiger partial charge in [-0.15, -0.1) is 0 Å². The molecule has 2 saturated heterocycles. The van der Waals surface area contributed by atoms with E-state index in [0.29, 0.717) is 6.04 Å². The Morgan fingerprint density at radius 1 is 0.833 bits per heavy atom. The number of aromatic nitrogens is 2. The summed E-state index contributed by atoms with van der Waals surface area (Å²) < 4.78 is 0. The van der Waals surface area contributed by atoms with Crippen molar-refractivity contribution in [3.63, 3.8) is 0 Å². The average molecular weight is 332 g/mol. The lowest BCUT2D eigenvalue weighted by molar-refractivity contribution is 0.209. The first-order chi connectivity index (χ1) is 11.5. The van der Waals surface area contributed by atoms with Gasteiger partial charge in [-0.2, -0.15) is 0 Å². The van der Waals surface area contributed by atoms with Gasteiger partial charge in [0.2, 0.25) is 5.95 Å². The van der Waals surface area contributed by atoms with E-state index in [-0.39, 0.29) is 0 Å². The van der Waals surface area contributed by atoms with Gasteiger partial charge >= 0.3 is 0 Å². The van der Waals surface area contributed by atoms with Crippen molar-refractivity contribution < 1.29 is 0 Å². The molecule has 0 unspecified atom stereocenters. The fourth-order valence-corrected chi connectivity index (χ4v) is 3.90. The van der Waals surface area contributed by atoms with Crippen LogP contribution < -0.4 is 9.80 Å². The van der Waals surface area contributed by atoms with Gasteiger partial charge in [-0.3, -0.25) is 4.90 Å². The maximum absolute atomic E-state index is 4.66. The molecule has 3 rings (SSSR count). The first-order valence-corrected chi connectivity index (χ1v) is 9.60. The maximum Gasteiger partial charge on any atom is 0.225 e. The summed E-state index contributed by atoms with van der Waals surface area (Å²) in [6, 6.07) is 0.638. The van der Waals surface area contributed by atoms with Crippen LogP contribution in [0.3, 0.4) is 0 Å². The molecule has 0 spiro atoms. The molecular formula is C19H33N5. The van der Waals surface area contributed by atoms with Gasteiger partial charge in [-0.05, 0) is 38.5 Å².